The molecule has 7 heteroatoms. The van der Waals surface area contributed by atoms with E-state index in [9.17, 15) is 0 Å². The standard InChI is InChI=1S/C14H24N4O2S/c1-14(2,3)10(9-15-18(4)5)21-13-16-11(19-6)8-12(17-13)20-7/h8-10H,1-7H3/b15-9+. The van der Waals surface area contributed by atoms with Crippen molar-refractivity contribution in [2.24, 2.45) is 10.5 Å². The van der Waals surface area contributed by atoms with Gasteiger partial charge >= 0.3 is 0 Å². The number of hydrogen-bond acceptors (Lipinski definition) is 7. The molecule has 0 radical (unpaired) electrons. The van der Waals surface area contributed by atoms with Crippen LogP contribution in [0.25, 0.3) is 0 Å². The van der Waals surface area contributed by atoms with Crippen LogP contribution in [0.5, 0.6) is 11.8 Å². The topological polar surface area (TPSA) is 59.8 Å². The van der Waals surface area contributed by atoms with Crippen LogP contribution in [0.15, 0.2) is 16.3 Å². The first-order chi connectivity index (χ1) is 9.76. The summed E-state index contributed by atoms with van der Waals surface area (Å²) in [4.78, 5) is 8.71. The molecule has 0 aliphatic heterocycles. The summed E-state index contributed by atoms with van der Waals surface area (Å²) in [6, 6.07) is 1.66. The van der Waals surface area contributed by atoms with Gasteiger partial charge in [-0.15, -0.1) is 0 Å². The Balaban J connectivity index is 3.03. The molecule has 1 atom stereocenters. The highest BCUT2D eigenvalue weighted by atomic mass is 32.2. The van der Waals surface area contributed by atoms with E-state index in [2.05, 4.69) is 35.8 Å². The summed E-state index contributed by atoms with van der Waals surface area (Å²) in [5, 5.41) is 6.84. The maximum Gasteiger partial charge on any atom is 0.220 e. The quantitative estimate of drug-likeness (QED) is 0.348. The third-order valence-electron chi connectivity index (χ3n) is 2.60. The molecule has 0 aromatic carbocycles. The van der Waals surface area contributed by atoms with Crippen LogP contribution in [0.2, 0.25) is 0 Å². The van der Waals surface area contributed by atoms with E-state index in [-0.39, 0.29) is 10.7 Å². The summed E-state index contributed by atoms with van der Waals surface area (Å²) in [5.74, 6) is 0.975. The second-order valence-corrected chi connectivity index (χ2v) is 6.86. The van der Waals surface area contributed by atoms with Gasteiger partial charge in [-0.05, 0) is 5.41 Å². The molecule has 0 bridgehead atoms. The van der Waals surface area contributed by atoms with E-state index in [0.717, 1.165) is 0 Å². The Hall–Kier alpha value is -1.50. The van der Waals surface area contributed by atoms with Crippen LogP contribution in [0.3, 0.4) is 0 Å². The fourth-order valence-corrected chi connectivity index (χ4v) is 2.37. The Morgan fingerprint density at radius 2 is 1.71 bits per heavy atom. The molecule has 118 valence electrons. The predicted octanol–water partition coefficient (Wildman–Crippen LogP) is 2.55. The van der Waals surface area contributed by atoms with Crippen molar-refractivity contribution in [3.63, 3.8) is 0 Å². The van der Waals surface area contributed by atoms with Crippen molar-refractivity contribution < 1.29 is 9.47 Å². The van der Waals surface area contributed by atoms with Crippen molar-refractivity contribution in [3.05, 3.63) is 6.07 Å². The molecule has 0 aliphatic carbocycles. The van der Waals surface area contributed by atoms with Crippen molar-refractivity contribution in [2.45, 2.75) is 31.2 Å². The highest BCUT2D eigenvalue weighted by Gasteiger charge is 2.26. The zero-order valence-electron chi connectivity index (χ0n) is 13.7. The Labute approximate surface area is 130 Å². The van der Waals surface area contributed by atoms with Gasteiger partial charge in [-0.2, -0.15) is 15.1 Å². The zero-order valence-corrected chi connectivity index (χ0v) is 14.6. The number of hydrazone groups is 1. The van der Waals surface area contributed by atoms with Crippen LogP contribution in [0, 0.1) is 5.41 Å². The molecule has 0 saturated heterocycles. The summed E-state index contributed by atoms with van der Waals surface area (Å²) in [6.45, 7) is 6.47. The highest BCUT2D eigenvalue weighted by Crippen LogP contribution is 2.34. The fourth-order valence-electron chi connectivity index (χ4n) is 1.38. The Morgan fingerprint density at radius 1 is 1.19 bits per heavy atom. The molecule has 1 aromatic rings. The monoisotopic (exact) mass is 312 g/mol. The summed E-state index contributed by atoms with van der Waals surface area (Å²) in [6.07, 6.45) is 1.92. The van der Waals surface area contributed by atoms with Crippen LogP contribution < -0.4 is 9.47 Å². The third-order valence-corrected chi connectivity index (χ3v) is 4.07. The van der Waals surface area contributed by atoms with Gasteiger partial charge in [0.15, 0.2) is 5.16 Å². The summed E-state index contributed by atoms with van der Waals surface area (Å²) in [7, 11) is 6.94. The minimum absolute atomic E-state index is 0.0177. The molecule has 0 aliphatic rings. The first kappa shape index (κ1) is 17.6. The number of ether oxygens (including phenoxy) is 2. The molecule has 1 aromatic heterocycles. The van der Waals surface area contributed by atoms with Crippen LogP contribution in [0.1, 0.15) is 20.8 Å². The van der Waals surface area contributed by atoms with Crippen LogP contribution in [0.4, 0.5) is 0 Å². The SMILES string of the molecule is COc1cc(OC)nc(SC(/C=N/N(C)C)C(C)(C)C)n1. The van der Waals surface area contributed by atoms with Gasteiger partial charge < -0.3 is 14.5 Å². The molecule has 1 rings (SSSR count). The Morgan fingerprint density at radius 3 is 2.10 bits per heavy atom. The number of rotatable bonds is 6. The minimum Gasteiger partial charge on any atom is -0.481 e. The van der Waals surface area contributed by atoms with E-state index in [0.29, 0.717) is 16.9 Å². The summed E-state index contributed by atoms with van der Waals surface area (Å²) < 4.78 is 10.4. The lowest BCUT2D eigenvalue weighted by atomic mass is 9.92. The van der Waals surface area contributed by atoms with Crippen molar-refractivity contribution in [1.82, 2.24) is 15.0 Å². The normalized spacial score (nSPS) is 13.3. The first-order valence-corrected chi connectivity index (χ1v) is 7.49. The van der Waals surface area contributed by atoms with Crippen molar-refractivity contribution >= 4 is 18.0 Å². The molecule has 0 N–H and O–H groups in total. The molecule has 0 saturated carbocycles. The van der Waals surface area contributed by atoms with E-state index in [4.69, 9.17) is 9.47 Å². The number of thioether (sulfide) groups is 1. The van der Waals surface area contributed by atoms with Crippen molar-refractivity contribution in [2.75, 3.05) is 28.3 Å². The molecular weight excluding hydrogens is 288 g/mol. The maximum absolute atomic E-state index is 5.18. The van der Waals surface area contributed by atoms with Gasteiger partial charge in [0.2, 0.25) is 11.8 Å². The molecule has 1 unspecified atom stereocenters. The van der Waals surface area contributed by atoms with Gasteiger partial charge in [0, 0.05) is 20.3 Å². The van der Waals surface area contributed by atoms with Crippen LogP contribution in [-0.4, -0.2) is 54.8 Å². The lowest BCUT2D eigenvalue weighted by Gasteiger charge is -2.26. The van der Waals surface area contributed by atoms with Gasteiger partial charge in [-0.1, -0.05) is 32.5 Å². The second-order valence-electron chi connectivity index (χ2n) is 5.75. The number of methoxy groups -OCH3 is 2. The lowest BCUT2D eigenvalue weighted by Crippen LogP contribution is -2.26. The molecule has 0 fully saturated rings. The average molecular weight is 312 g/mol. The number of aromatic nitrogens is 2. The molecule has 21 heavy (non-hydrogen) atoms. The first-order valence-electron chi connectivity index (χ1n) is 6.61. The maximum atomic E-state index is 5.18. The highest BCUT2D eigenvalue weighted by molar-refractivity contribution is 8.00. The molecule has 6 nitrogen and oxygen atoms in total. The number of hydrogen-bond donors (Lipinski definition) is 0. The van der Waals surface area contributed by atoms with Gasteiger partial charge in [-0.25, -0.2) is 0 Å². The average Bonchev–Trinajstić information content (AvgIpc) is 2.41. The fraction of sp³-hybridized carbons (Fsp3) is 0.643. The van der Waals surface area contributed by atoms with E-state index in [1.807, 2.05) is 20.3 Å². The third kappa shape index (κ3) is 5.79. The van der Waals surface area contributed by atoms with Gasteiger partial charge in [0.05, 0.1) is 25.5 Å². The summed E-state index contributed by atoms with van der Waals surface area (Å²) >= 11 is 1.54. The smallest absolute Gasteiger partial charge is 0.220 e. The molecule has 1 heterocycles. The number of nitrogens with zero attached hydrogens (tertiary/aromatic N) is 4. The lowest BCUT2D eigenvalue weighted by molar-refractivity contribution is 0.363. The van der Waals surface area contributed by atoms with Crippen LogP contribution in [-0.2, 0) is 0 Å². The van der Waals surface area contributed by atoms with E-state index < -0.39 is 0 Å². The van der Waals surface area contributed by atoms with Crippen LogP contribution >= 0.6 is 11.8 Å². The van der Waals surface area contributed by atoms with Crippen molar-refractivity contribution in [1.29, 1.82) is 0 Å². The predicted molar refractivity (Wildman–Crippen MR) is 86.4 cm³/mol. The molecule has 0 amide bonds. The van der Waals surface area contributed by atoms with Gasteiger partial charge in [0.25, 0.3) is 0 Å². The largest absolute Gasteiger partial charge is 0.481 e. The van der Waals surface area contributed by atoms with E-state index in [1.165, 1.54) is 11.8 Å². The second kappa shape index (κ2) is 7.49. The van der Waals surface area contributed by atoms with E-state index >= 15 is 0 Å². The van der Waals surface area contributed by atoms with Crippen molar-refractivity contribution in [3.8, 4) is 11.8 Å². The zero-order chi connectivity index (χ0) is 16.0. The van der Waals surface area contributed by atoms with Gasteiger partial charge in [0.1, 0.15) is 0 Å². The molecule has 0 spiro atoms. The molecular formula is C14H24N4O2S. The minimum atomic E-state index is 0.0177. The van der Waals surface area contributed by atoms with E-state index in [1.54, 1.807) is 25.3 Å². The van der Waals surface area contributed by atoms with Gasteiger partial charge in [-0.3, -0.25) is 0 Å². The Bertz CT molecular complexity index is 464. The Kier molecular flexibility index (Phi) is 6.26. The summed E-state index contributed by atoms with van der Waals surface area (Å²) in [5.41, 5.74) is 0.0177.